The maximum absolute atomic E-state index is 13.1. The average molecular weight is 503 g/mol. The van der Waals surface area contributed by atoms with E-state index in [-0.39, 0.29) is 18.3 Å². The molecular formula is C25H27ClN2O5S. The molecule has 7 nitrogen and oxygen atoms in total. The zero-order valence-corrected chi connectivity index (χ0v) is 20.9. The molecule has 3 aromatic rings. The molecule has 0 saturated heterocycles. The minimum atomic E-state index is -0.447. The minimum absolute atomic E-state index is 0. The number of hydrogen-bond donors (Lipinski definition) is 1. The van der Waals surface area contributed by atoms with E-state index in [0.717, 1.165) is 23.5 Å². The Hall–Kier alpha value is -3.07. The number of methoxy groups -OCH3 is 3. The van der Waals surface area contributed by atoms with Crippen LogP contribution in [0.3, 0.4) is 0 Å². The van der Waals surface area contributed by atoms with Crippen molar-refractivity contribution in [3.63, 3.8) is 0 Å². The van der Waals surface area contributed by atoms with Crippen LogP contribution < -0.4 is 14.8 Å². The van der Waals surface area contributed by atoms with Crippen LogP contribution in [-0.4, -0.2) is 44.7 Å². The van der Waals surface area contributed by atoms with Gasteiger partial charge in [-0.05, 0) is 29.7 Å². The van der Waals surface area contributed by atoms with Gasteiger partial charge < -0.3 is 19.5 Å². The van der Waals surface area contributed by atoms with E-state index in [2.05, 4.69) is 22.3 Å². The lowest BCUT2D eigenvalue weighted by atomic mass is 10.0. The van der Waals surface area contributed by atoms with Gasteiger partial charge in [-0.3, -0.25) is 9.69 Å². The molecule has 1 amide bonds. The van der Waals surface area contributed by atoms with E-state index >= 15 is 0 Å². The number of nitrogens with zero attached hydrogens (tertiary/aromatic N) is 1. The van der Waals surface area contributed by atoms with Crippen LogP contribution in [0.5, 0.6) is 11.5 Å². The van der Waals surface area contributed by atoms with Crippen LogP contribution in [0.25, 0.3) is 0 Å². The summed E-state index contributed by atoms with van der Waals surface area (Å²) in [6.07, 6.45) is 0.710. The van der Waals surface area contributed by atoms with Gasteiger partial charge in [0.15, 0.2) is 11.5 Å². The smallest absolute Gasteiger partial charge is 0.341 e. The molecule has 1 aliphatic heterocycles. The second-order valence-corrected chi connectivity index (χ2v) is 8.75. The van der Waals surface area contributed by atoms with Crippen LogP contribution >= 0.6 is 23.7 Å². The molecule has 0 unspecified atom stereocenters. The summed E-state index contributed by atoms with van der Waals surface area (Å²) in [7, 11) is 4.36. The van der Waals surface area contributed by atoms with Crippen LogP contribution in [0.15, 0.2) is 48.5 Å². The second-order valence-electron chi connectivity index (χ2n) is 7.64. The van der Waals surface area contributed by atoms with E-state index in [1.165, 1.54) is 38.2 Å². The van der Waals surface area contributed by atoms with Gasteiger partial charge in [0.05, 0.1) is 32.5 Å². The molecule has 0 bridgehead atoms. The first kappa shape index (κ1) is 25.6. The third-order valence-corrected chi connectivity index (χ3v) is 6.78. The Kier molecular flexibility index (Phi) is 8.55. The van der Waals surface area contributed by atoms with E-state index in [4.69, 9.17) is 14.2 Å². The van der Waals surface area contributed by atoms with Crippen molar-refractivity contribution in [1.29, 1.82) is 0 Å². The Morgan fingerprint density at radius 2 is 1.79 bits per heavy atom. The molecule has 0 saturated carbocycles. The topological polar surface area (TPSA) is 77.1 Å². The number of carbonyl (C=O) groups excluding carboxylic acids is 2. The van der Waals surface area contributed by atoms with Crippen molar-refractivity contribution in [2.45, 2.75) is 19.5 Å². The number of para-hydroxylation sites is 1. The van der Waals surface area contributed by atoms with E-state index in [9.17, 15) is 9.59 Å². The second kappa shape index (κ2) is 11.4. The minimum Gasteiger partial charge on any atom is -0.493 e. The third-order valence-electron chi connectivity index (χ3n) is 5.65. The van der Waals surface area contributed by atoms with E-state index in [1.54, 1.807) is 18.2 Å². The molecule has 1 N–H and O–H groups in total. The molecule has 9 heteroatoms. The first-order chi connectivity index (χ1) is 16.0. The van der Waals surface area contributed by atoms with E-state index in [0.29, 0.717) is 40.6 Å². The molecular weight excluding hydrogens is 476 g/mol. The normalized spacial score (nSPS) is 12.8. The van der Waals surface area contributed by atoms with Gasteiger partial charge in [0.25, 0.3) is 5.91 Å². The summed E-state index contributed by atoms with van der Waals surface area (Å²) in [5.74, 6) is -0.0274. The summed E-state index contributed by atoms with van der Waals surface area (Å²) in [6, 6.07) is 15.4. The maximum Gasteiger partial charge on any atom is 0.341 e. The number of thiophene rings is 1. The van der Waals surface area contributed by atoms with Crippen LogP contribution in [0.4, 0.5) is 5.00 Å². The Bertz CT molecular complexity index is 1170. The molecule has 1 aliphatic rings. The lowest BCUT2D eigenvalue weighted by Crippen LogP contribution is -2.29. The number of carbonyl (C=O) groups is 2. The molecule has 4 rings (SSSR count). The summed E-state index contributed by atoms with van der Waals surface area (Å²) in [6.45, 7) is 2.35. The first-order valence-electron chi connectivity index (χ1n) is 10.6. The Morgan fingerprint density at radius 1 is 1.03 bits per heavy atom. The van der Waals surface area contributed by atoms with Crippen LogP contribution in [-0.2, 0) is 24.2 Å². The Morgan fingerprint density at radius 3 is 2.47 bits per heavy atom. The van der Waals surface area contributed by atoms with Crippen molar-refractivity contribution in [3.05, 3.63) is 75.7 Å². The number of fused-ring (bicyclic) bond motifs is 1. The number of esters is 1. The van der Waals surface area contributed by atoms with Gasteiger partial charge in [-0.2, -0.15) is 0 Å². The number of anilines is 1. The highest BCUT2D eigenvalue weighted by Crippen LogP contribution is 2.39. The number of ether oxygens (including phenoxy) is 3. The largest absolute Gasteiger partial charge is 0.493 e. The van der Waals surface area contributed by atoms with Crippen LogP contribution in [0.2, 0.25) is 0 Å². The van der Waals surface area contributed by atoms with Crippen molar-refractivity contribution in [2.75, 3.05) is 33.2 Å². The van der Waals surface area contributed by atoms with Gasteiger partial charge in [-0.15, -0.1) is 23.7 Å². The van der Waals surface area contributed by atoms with Crippen LogP contribution in [0.1, 0.15) is 36.7 Å². The van der Waals surface area contributed by atoms with Crippen molar-refractivity contribution >= 4 is 40.6 Å². The fourth-order valence-corrected chi connectivity index (χ4v) is 5.35. The van der Waals surface area contributed by atoms with Gasteiger partial charge in [0.2, 0.25) is 0 Å². The fraction of sp³-hybridized carbons (Fsp3) is 0.280. The average Bonchev–Trinajstić information content (AvgIpc) is 3.20. The molecule has 0 aliphatic carbocycles. The molecule has 0 spiro atoms. The summed E-state index contributed by atoms with van der Waals surface area (Å²) < 4.78 is 15.7. The first-order valence-corrected chi connectivity index (χ1v) is 11.4. The van der Waals surface area contributed by atoms with Gasteiger partial charge >= 0.3 is 5.97 Å². The SMILES string of the molecule is COC(=O)c1c(NC(=O)c2cccc(OC)c2OC)sc2c1CCN(Cc1ccccc1)C2.Cl. The number of benzene rings is 2. The monoisotopic (exact) mass is 502 g/mol. The molecule has 34 heavy (non-hydrogen) atoms. The lowest BCUT2D eigenvalue weighted by molar-refractivity contribution is 0.0600. The van der Waals surface area contributed by atoms with Crippen molar-refractivity contribution in [1.82, 2.24) is 4.90 Å². The fourth-order valence-electron chi connectivity index (χ4n) is 4.08. The predicted octanol–water partition coefficient (Wildman–Crippen LogP) is 4.78. The van der Waals surface area contributed by atoms with Crippen molar-refractivity contribution < 1.29 is 23.8 Å². The maximum atomic E-state index is 13.1. The Balaban J connectivity index is 0.00000324. The van der Waals surface area contributed by atoms with Gasteiger partial charge in [-0.25, -0.2) is 4.79 Å². The third kappa shape index (κ3) is 5.19. The molecule has 180 valence electrons. The molecule has 2 aromatic carbocycles. The van der Waals surface area contributed by atoms with Crippen molar-refractivity contribution in [2.24, 2.45) is 0 Å². The molecule has 0 atom stereocenters. The number of nitrogens with one attached hydrogen (secondary N) is 1. The summed E-state index contributed by atoms with van der Waals surface area (Å²) >= 11 is 1.42. The predicted molar refractivity (Wildman–Crippen MR) is 135 cm³/mol. The van der Waals surface area contributed by atoms with E-state index < -0.39 is 5.97 Å². The van der Waals surface area contributed by atoms with Gasteiger partial charge in [0.1, 0.15) is 5.00 Å². The molecule has 0 radical (unpaired) electrons. The highest BCUT2D eigenvalue weighted by molar-refractivity contribution is 7.17. The summed E-state index contributed by atoms with van der Waals surface area (Å²) in [5, 5.41) is 3.40. The standard InChI is InChI=1S/C25H26N2O5S.ClH/c1-30-19-11-7-10-18(22(19)31-2)23(28)26-24-21(25(29)32-3)17-12-13-27(15-20(17)33-24)14-16-8-5-4-6-9-16;/h4-11H,12-15H2,1-3H3,(H,26,28);1H. The Labute approximate surface area is 209 Å². The number of rotatable bonds is 7. The summed E-state index contributed by atoms with van der Waals surface area (Å²) in [5.41, 5.74) is 2.95. The van der Waals surface area contributed by atoms with Gasteiger partial charge in [0, 0.05) is 24.5 Å². The number of hydrogen-bond acceptors (Lipinski definition) is 7. The zero-order chi connectivity index (χ0) is 23.4. The number of halogens is 1. The molecule has 1 aromatic heterocycles. The van der Waals surface area contributed by atoms with Crippen LogP contribution in [0, 0.1) is 0 Å². The highest BCUT2D eigenvalue weighted by atomic mass is 35.5. The quantitative estimate of drug-likeness (QED) is 0.468. The van der Waals surface area contributed by atoms with E-state index in [1.807, 2.05) is 18.2 Å². The highest BCUT2D eigenvalue weighted by Gasteiger charge is 2.30. The van der Waals surface area contributed by atoms with Gasteiger partial charge in [-0.1, -0.05) is 36.4 Å². The molecule has 2 heterocycles. The number of amides is 1. The lowest BCUT2D eigenvalue weighted by Gasteiger charge is -2.27. The zero-order valence-electron chi connectivity index (χ0n) is 19.3. The van der Waals surface area contributed by atoms with Crippen molar-refractivity contribution in [3.8, 4) is 11.5 Å². The molecule has 0 fully saturated rings. The summed E-state index contributed by atoms with van der Waals surface area (Å²) in [4.78, 5) is 29.2.